The second kappa shape index (κ2) is 7.87. The number of nitrogens with zero attached hydrogens (tertiary/aromatic N) is 1. The summed E-state index contributed by atoms with van der Waals surface area (Å²) < 4.78 is 10.4. The Balaban J connectivity index is 1.82. The summed E-state index contributed by atoms with van der Waals surface area (Å²) in [6.45, 7) is 0.508. The maximum Gasteiger partial charge on any atom is 0.320 e. The van der Waals surface area contributed by atoms with Gasteiger partial charge >= 0.3 is 6.03 Å². The lowest BCUT2D eigenvalue weighted by Gasteiger charge is -2.10. The predicted octanol–water partition coefficient (Wildman–Crippen LogP) is 2.46. The number of hydrogen-bond donors (Lipinski definition) is 2. The first kappa shape index (κ1) is 15.6. The Morgan fingerprint density at radius 2 is 1.95 bits per heavy atom. The quantitative estimate of drug-likeness (QED) is 0.859. The van der Waals surface area contributed by atoms with Crippen LogP contribution < -0.4 is 20.1 Å². The highest BCUT2D eigenvalue weighted by atomic mass is 16.5. The Hall–Kier alpha value is -2.76. The van der Waals surface area contributed by atoms with E-state index in [2.05, 4.69) is 15.6 Å². The molecule has 1 aromatic carbocycles. The fourth-order valence-electron chi connectivity index (χ4n) is 1.95. The molecule has 2 N–H and O–H groups in total. The number of urea groups is 1. The van der Waals surface area contributed by atoms with Crippen molar-refractivity contribution in [3.63, 3.8) is 0 Å². The van der Waals surface area contributed by atoms with Crippen molar-refractivity contribution in [3.05, 3.63) is 48.2 Å². The van der Waals surface area contributed by atoms with E-state index in [0.717, 1.165) is 5.56 Å². The van der Waals surface area contributed by atoms with E-state index in [1.807, 2.05) is 24.3 Å². The standard InChI is InChI=1S/C16H19N3O3/c1-21-13-7-6-12(11-14(13)22-2)8-10-18-16(20)19-15-5-3-4-9-17-15/h3-7,9,11H,8,10H2,1-2H3,(H2,17,18,19,20). The molecule has 0 aliphatic rings. The minimum absolute atomic E-state index is 0.279. The van der Waals surface area contributed by atoms with E-state index >= 15 is 0 Å². The van der Waals surface area contributed by atoms with Crippen LogP contribution >= 0.6 is 0 Å². The highest BCUT2D eigenvalue weighted by Crippen LogP contribution is 2.27. The van der Waals surface area contributed by atoms with Crippen molar-refractivity contribution in [2.45, 2.75) is 6.42 Å². The molecule has 0 aliphatic carbocycles. The van der Waals surface area contributed by atoms with Crippen molar-refractivity contribution in [2.24, 2.45) is 0 Å². The van der Waals surface area contributed by atoms with Crippen LogP contribution in [0.25, 0.3) is 0 Å². The zero-order chi connectivity index (χ0) is 15.8. The molecule has 0 saturated heterocycles. The monoisotopic (exact) mass is 301 g/mol. The van der Waals surface area contributed by atoms with Gasteiger partial charge in [0.25, 0.3) is 0 Å². The van der Waals surface area contributed by atoms with Crippen LogP contribution in [0.2, 0.25) is 0 Å². The van der Waals surface area contributed by atoms with Gasteiger partial charge in [0, 0.05) is 12.7 Å². The number of amides is 2. The number of carbonyl (C=O) groups is 1. The summed E-state index contributed by atoms with van der Waals surface area (Å²) in [5.74, 6) is 1.89. The smallest absolute Gasteiger partial charge is 0.320 e. The van der Waals surface area contributed by atoms with Gasteiger partial charge in [-0.25, -0.2) is 9.78 Å². The van der Waals surface area contributed by atoms with Crippen molar-refractivity contribution >= 4 is 11.8 Å². The Bertz CT molecular complexity index is 617. The molecule has 116 valence electrons. The van der Waals surface area contributed by atoms with Gasteiger partial charge in [-0.1, -0.05) is 12.1 Å². The van der Waals surface area contributed by atoms with Crippen LogP contribution in [0, 0.1) is 0 Å². The third-order valence-corrected chi connectivity index (χ3v) is 3.05. The minimum atomic E-state index is -0.279. The highest BCUT2D eigenvalue weighted by Gasteiger charge is 2.05. The Kier molecular flexibility index (Phi) is 5.59. The van der Waals surface area contributed by atoms with Crippen LogP contribution in [0.15, 0.2) is 42.6 Å². The molecule has 22 heavy (non-hydrogen) atoms. The number of rotatable bonds is 6. The second-order valence-corrected chi connectivity index (χ2v) is 4.54. The van der Waals surface area contributed by atoms with Gasteiger partial charge in [0.15, 0.2) is 11.5 Å². The topological polar surface area (TPSA) is 72.5 Å². The molecule has 1 heterocycles. The van der Waals surface area contributed by atoms with E-state index in [1.165, 1.54) is 0 Å². The van der Waals surface area contributed by atoms with Crippen LogP contribution in [0.4, 0.5) is 10.6 Å². The van der Waals surface area contributed by atoms with Crippen LogP contribution in [0.1, 0.15) is 5.56 Å². The lowest BCUT2D eigenvalue weighted by Crippen LogP contribution is -2.30. The first-order chi connectivity index (χ1) is 10.7. The summed E-state index contributed by atoms with van der Waals surface area (Å²) in [5.41, 5.74) is 1.05. The molecule has 0 aliphatic heterocycles. The lowest BCUT2D eigenvalue weighted by atomic mass is 10.1. The van der Waals surface area contributed by atoms with Crippen molar-refractivity contribution < 1.29 is 14.3 Å². The lowest BCUT2D eigenvalue weighted by molar-refractivity contribution is 0.252. The Morgan fingerprint density at radius 1 is 1.14 bits per heavy atom. The van der Waals surface area contributed by atoms with Gasteiger partial charge in [-0.2, -0.15) is 0 Å². The molecular weight excluding hydrogens is 282 g/mol. The first-order valence-electron chi connectivity index (χ1n) is 6.89. The largest absolute Gasteiger partial charge is 0.493 e. The minimum Gasteiger partial charge on any atom is -0.493 e. The van der Waals surface area contributed by atoms with Gasteiger partial charge in [-0.15, -0.1) is 0 Å². The molecule has 0 spiro atoms. The fourth-order valence-corrected chi connectivity index (χ4v) is 1.95. The molecule has 0 saturated carbocycles. The number of hydrogen-bond acceptors (Lipinski definition) is 4. The molecule has 0 unspecified atom stereocenters. The first-order valence-corrected chi connectivity index (χ1v) is 6.89. The van der Waals surface area contributed by atoms with Crippen molar-refractivity contribution in [2.75, 3.05) is 26.1 Å². The zero-order valence-electron chi connectivity index (χ0n) is 12.6. The SMILES string of the molecule is COc1ccc(CCNC(=O)Nc2ccccn2)cc1OC. The molecule has 1 aromatic heterocycles. The highest BCUT2D eigenvalue weighted by molar-refractivity contribution is 5.88. The molecular formula is C16H19N3O3. The Morgan fingerprint density at radius 3 is 2.64 bits per heavy atom. The maximum absolute atomic E-state index is 11.7. The van der Waals surface area contributed by atoms with Gasteiger partial charge in [-0.3, -0.25) is 5.32 Å². The van der Waals surface area contributed by atoms with E-state index in [-0.39, 0.29) is 6.03 Å². The number of benzene rings is 1. The van der Waals surface area contributed by atoms with Crippen molar-refractivity contribution in [1.29, 1.82) is 0 Å². The number of anilines is 1. The van der Waals surface area contributed by atoms with E-state index in [4.69, 9.17) is 9.47 Å². The average molecular weight is 301 g/mol. The molecule has 0 bridgehead atoms. The van der Waals surface area contributed by atoms with Crippen LogP contribution in [0.5, 0.6) is 11.5 Å². The summed E-state index contributed by atoms with van der Waals surface area (Å²) in [6.07, 6.45) is 2.31. The number of aromatic nitrogens is 1. The van der Waals surface area contributed by atoms with Gasteiger partial charge in [0.1, 0.15) is 5.82 Å². The third-order valence-electron chi connectivity index (χ3n) is 3.05. The molecule has 6 heteroatoms. The zero-order valence-corrected chi connectivity index (χ0v) is 12.6. The maximum atomic E-state index is 11.7. The Labute approximate surface area is 129 Å². The summed E-state index contributed by atoms with van der Waals surface area (Å²) in [5, 5.41) is 5.45. The summed E-state index contributed by atoms with van der Waals surface area (Å²) >= 11 is 0. The van der Waals surface area contributed by atoms with Crippen LogP contribution in [0.3, 0.4) is 0 Å². The van der Waals surface area contributed by atoms with Gasteiger partial charge in [-0.05, 0) is 36.2 Å². The number of ether oxygens (including phenoxy) is 2. The normalized spacial score (nSPS) is 9.91. The number of carbonyl (C=O) groups excluding carboxylic acids is 1. The van der Waals surface area contributed by atoms with Gasteiger partial charge in [0.2, 0.25) is 0 Å². The molecule has 2 aromatic rings. The van der Waals surface area contributed by atoms with Crippen LogP contribution in [-0.4, -0.2) is 31.8 Å². The van der Waals surface area contributed by atoms with E-state index in [9.17, 15) is 4.79 Å². The summed E-state index contributed by atoms with van der Waals surface area (Å²) in [4.78, 5) is 15.7. The van der Waals surface area contributed by atoms with Crippen molar-refractivity contribution in [3.8, 4) is 11.5 Å². The van der Waals surface area contributed by atoms with E-state index in [0.29, 0.717) is 30.3 Å². The van der Waals surface area contributed by atoms with Crippen LogP contribution in [-0.2, 0) is 6.42 Å². The van der Waals surface area contributed by atoms with E-state index in [1.54, 1.807) is 32.5 Å². The molecule has 0 atom stereocenters. The third kappa shape index (κ3) is 4.37. The average Bonchev–Trinajstić information content (AvgIpc) is 2.55. The number of nitrogens with one attached hydrogen (secondary N) is 2. The molecule has 0 radical (unpaired) electrons. The molecule has 0 fully saturated rings. The summed E-state index contributed by atoms with van der Waals surface area (Å²) in [7, 11) is 3.20. The van der Waals surface area contributed by atoms with Gasteiger partial charge < -0.3 is 14.8 Å². The van der Waals surface area contributed by atoms with E-state index < -0.39 is 0 Å². The molecule has 2 rings (SSSR count). The summed E-state index contributed by atoms with van der Waals surface area (Å²) in [6, 6.07) is 10.7. The molecule has 6 nitrogen and oxygen atoms in total. The predicted molar refractivity (Wildman–Crippen MR) is 84.5 cm³/mol. The number of pyridine rings is 1. The fraction of sp³-hybridized carbons (Fsp3) is 0.250. The second-order valence-electron chi connectivity index (χ2n) is 4.54. The van der Waals surface area contributed by atoms with Gasteiger partial charge in [0.05, 0.1) is 14.2 Å². The number of methoxy groups -OCH3 is 2. The molecule has 2 amide bonds. The van der Waals surface area contributed by atoms with Crippen molar-refractivity contribution in [1.82, 2.24) is 10.3 Å².